The Balaban J connectivity index is 2.32. The van der Waals surface area contributed by atoms with Gasteiger partial charge in [-0.05, 0) is 37.1 Å². The van der Waals surface area contributed by atoms with E-state index in [1.807, 2.05) is 0 Å². The van der Waals surface area contributed by atoms with Gasteiger partial charge in [-0.25, -0.2) is 8.42 Å². The zero-order valence-corrected chi connectivity index (χ0v) is 11.6. The Kier molecular flexibility index (Phi) is 4.01. The molecule has 0 aromatic heterocycles. The van der Waals surface area contributed by atoms with Crippen molar-refractivity contribution in [3.05, 3.63) is 29.3 Å². The Morgan fingerprint density at radius 3 is 2.24 bits per heavy atom. The molecule has 0 N–H and O–H groups in total. The van der Waals surface area contributed by atoms with E-state index in [1.54, 1.807) is 24.3 Å². The fourth-order valence-corrected chi connectivity index (χ4v) is 4.88. The zero-order chi connectivity index (χ0) is 12.5. The van der Waals surface area contributed by atoms with Crippen molar-refractivity contribution in [2.75, 3.05) is 0 Å². The van der Waals surface area contributed by atoms with E-state index < -0.39 is 15.1 Å². The van der Waals surface area contributed by atoms with Gasteiger partial charge in [0.15, 0.2) is 9.84 Å². The molecule has 2 atom stereocenters. The van der Waals surface area contributed by atoms with Gasteiger partial charge in [0, 0.05) is 5.02 Å². The molecule has 2 rings (SSSR count). The monoisotopic (exact) mass is 292 g/mol. The van der Waals surface area contributed by atoms with Crippen LogP contribution in [0.25, 0.3) is 0 Å². The summed E-state index contributed by atoms with van der Waals surface area (Å²) < 4.78 is 24.8. The number of sulfone groups is 1. The average molecular weight is 293 g/mol. The summed E-state index contributed by atoms with van der Waals surface area (Å²) in [6.45, 7) is 0. The maximum Gasteiger partial charge on any atom is 0.182 e. The Bertz CT molecular complexity index is 482. The van der Waals surface area contributed by atoms with E-state index in [9.17, 15) is 8.42 Å². The van der Waals surface area contributed by atoms with Crippen molar-refractivity contribution < 1.29 is 8.42 Å². The molecule has 94 valence electrons. The van der Waals surface area contributed by atoms with E-state index in [0.717, 1.165) is 19.3 Å². The average Bonchev–Trinajstić information content (AvgIpc) is 2.30. The van der Waals surface area contributed by atoms with Gasteiger partial charge in [0.05, 0.1) is 15.5 Å². The third-order valence-electron chi connectivity index (χ3n) is 3.16. The minimum atomic E-state index is -3.32. The highest BCUT2D eigenvalue weighted by Gasteiger charge is 2.35. The number of hydrogen-bond acceptors (Lipinski definition) is 2. The molecule has 1 saturated carbocycles. The molecule has 1 aliphatic rings. The van der Waals surface area contributed by atoms with Crippen molar-refractivity contribution >= 4 is 33.0 Å². The lowest BCUT2D eigenvalue weighted by Gasteiger charge is -2.26. The Hall–Kier alpha value is -0.250. The minimum absolute atomic E-state index is 0.274. The van der Waals surface area contributed by atoms with Crippen LogP contribution in [0.2, 0.25) is 5.02 Å². The van der Waals surface area contributed by atoms with Crippen molar-refractivity contribution in [2.24, 2.45) is 0 Å². The minimum Gasteiger partial charge on any atom is -0.223 e. The van der Waals surface area contributed by atoms with Gasteiger partial charge in [-0.15, -0.1) is 11.6 Å². The van der Waals surface area contributed by atoms with Crippen LogP contribution in [0.15, 0.2) is 29.2 Å². The van der Waals surface area contributed by atoms with Crippen molar-refractivity contribution in [2.45, 2.75) is 41.2 Å². The van der Waals surface area contributed by atoms with Gasteiger partial charge in [0.1, 0.15) is 0 Å². The molecule has 0 heterocycles. The van der Waals surface area contributed by atoms with Gasteiger partial charge in [-0.2, -0.15) is 0 Å². The van der Waals surface area contributed by atoms with E-state index >= 15 is 0 Å². The highest BCUT2D eigenvalue weighted by atomic mass is 35.5. The number of halogens is 2. The predicted octanol–water partition coefficient (Wildman–Crippen LogP) is 3.66. The van der Waals surface area contributed by atoms with Crippen LogP contribution in [0.1, 0.15) is 25.7 Å². The molecular weight excluding hydrogens is 279 g/mol. The summed E-state index contributed by atoms with van der Waals surface area (Å²) in [6.07, 6.45) is 3.37. The number of benzene rings is 1. The first-order valence-electron chi connectivity index (χ1n) is 5.65. The van der Waals surface area contributed by atoms with Crippen LogP contribution in [0.4, 0.5) is 0 Å². The van der Waals surface area contributed by atoms with E-state index in [0.29, 0.717) is 16.3 Å². The fourth-order valence-electron chi connectivity index (χ4n) is 2.20. The molecule has 1 aliphatic carbocycles. The largest absolute Gasteiger partial charge is 0.223 e. The van der Waals surface area contributed by atoms with Crippen LogP contribution in [0, 0.1) is 0 Å². The standard InChI is InChI=1S/C12H14Cl2O2S/c13-9-5-7-10(8-6-9)17(15,16)12-4-2-1-3-11(12)14/h5-8,11-12H,1-4H2/t11-,12-/m0/s1. The molecule has 1 fully saturated rings. The smallest absolute Gasteiger partial charge is 0.182 e. The molecule has 17 heavy (non-hydrogen) atoms. The highest BCUT2D eigenvalue weighted by molar-refractivity contribution is 7.92. The number of hydrogen-bond donors (Lipinski definition) is 0. The molecule has 1 aromatic carbocycles. The Morgan fingerprint density at radius 1 is 1.06 bits per heavy atom. The summed E-state index contributed by atoms with van der Waals surface area (Å²) in [5.74, 6) is 0. The fraction of sp³-hybridized carbons (Fsp3) is 0.500. The molecule has 1 aromatic rings. The SMILES string of the molecule is O=S(=O)(c1ccc(Cl)cc1)[C@H]1CCCC[C@@H]1Cl. The second kappa shape index (κ2) is 5.17. The first kappa shape index (κ1) is 13.2. The van der Waals surface area contributed by atoms with Gasteiger partial charge in [0.25, 0.3) is 0 Å². The van der Waals surface area contributed by atoms with E-state index in [2.05, 4.69) is 0 Å². The summed E-state index contributed by atoms with van der Waals surface area (Å²) in [4.78, 5) is 0.319. The van der Waals surface area contributed by atoms with Crippen LogP contribution < -0.4 is 0 Å². The zero-order valence-electron chi connectivity index (χ0n) is 9.27. The van der Waals surface area contributed by atoms with E-state index in [-0.39, 0.29) is 5.38 Å². The van der Waals surface area contributed by atoms with Crippen molar-refractivity contribution in [1.82, 2.24) is 0 Å². The van der Waals surface area contributed by atoms with Crippen molar-refractivity contribution in [1.29, 1.82) is 0 Å². The second-order valence-corrected chi connectivity index (χ2v) is 7.50. The van der Waals surface area contributed by atoms with E-state index in [1.165, 1.54) is 0 Å². The molecule has 0 saturated heterocycles. The summed E-state index contributed by atoms with van der Waals surface area (Å²) in [5.41, 5.74) is 0. The molecule has 0 unspecified atom stereocenters. The van der Waals surface area contributed by atoms with Crippen LogP contribution in [0.5, 0.6) is 0 Å². The van der Waals surface area contributed by atoms with Crippen LogP contribution in [0.3, 0.4) is 0 Å². The third kappa shape index (κ3) is 2.78. The highest BCUT2D eigenvalue weighted by Crippen LogP contribution is 2.32. The van der Waals surface area contributed by atoms with Gasteiger partial charge >= 0.3 is 0 Å². The topological polar surface area (TPSA) is 34.1 Å². The molecule has 0 aliphatic heterocycles. The summed E-state index contributed by atoms with van der Waals surface area (Å²) in [5, 5.41) is -0.196. The lowest BCUT2D eigenvalue weighted by atomic mass is 10.00. The summed E-state index contributed by atoms with van der Waals surface area (Å²) >= 11 is 11.9. The van der Waals surface area contributed by atoms with Gasteiger partial charge in [0.2, 0.25) is 0 Å². The van der Waals surface area contributed by atoms with Gasteiger partial charge in [-0.1, -0.05) is 24.4 Å². The maximum absolute atomic E-state index is 12.4. The summed E-state index contributed by atoms with van der Waals surface area (Å²) in [6, 6.07) is 6.30. The van der Waals surface area contributed by atoms with Crippen LogP contribution in [-0.4, -0.2) is 19.0 Å². The molecular formula is C12H14Cl2O2S. The van der Waals surface area contributed by atoms with Gasteiger partial charge in [-0.3, -0.25) is 0 Å². The summed E-state index contributed by atoms with van der Waals surface area (Å²) in [7, 11) is -3.32. The molecule has 0 bridgehead atoms. The van der Waals surface area contributed by atoms with E-state index in [4.69, 9.17) is 23.2 Å². The Morgan fingerprint density at radius 2 is 1.65 bits per heavy atom. The molecule has 5 heteroatoms. The van der Waals surface area contributed by atoms with Crippen LogP contribution >= 0.6 is 23.2 Å². The lowest BCUT2D eigenvalue weighted by molar-refractivity contribution is 0.489. The van der Waals surface area contributed by atoms with Gasteiger partial charge < -0.3 is 0 Å². The first-order chi connectivity index (χ1) is 8.01. The normalized spacial score (nSPS) is 25.8. The van der Waals surface area contributed by atoms with Crippen molar-refractivity contribution in [3.8, 4) is 0 Å². The number of rotatable bonds is 2. The predicted molar refractivity (Wildman–Crippen MR) is 70.5 cm³/mol. The third-order valence-corrected chi connectivity index (χ3v) is 6.38. The van der Waals surface area contributed by atoms with Crippen molar-refractivity contribution in [3.63, 3.8) is 0 Å². The second-order valence-electron chi connectivity index (χ2n) is 4.34. The number of alkyl halides is 1. The van der Waals surface area contributed by atoms with Crippen LogP contribution in [-0.2, 0) is 9.84 Å². The quantitative estimate of drug-likeness (QED) is 0.780. The Labute approximate surface area is 112 Å². The lowest BCUT2D eigenvalue weighted by Crippen LogP contribution is -2.33. The molecule has 0 amide bonds. The molecule has 2 nitrogen and oxygen atoms in total. The maximum atomic E-state index is 12.4. The molecule has 0 radical (unpaired) electrons. The molecule has 0 spiro atoms. The first-order valence-corrected chi connectivity index (χ1v) is 8.01.